The summed E-state index contributed by atoms with van der Waals surface area (Å²) in [5.41, 5.74) is 1.79. The zero-order valence-electron chi connectivity index (χ0n) is 16.7. The quantitative estimate of drug-likeness (QED) is 0.511. The van der Waals surface area contributed by atoms with Crippen molar-refractivity contribution in [3.05, 3.63) is 78.0 Å². The summed E-state index contributed by atoms with van der Waals surface area (Å²) < 4.78 is 20.1. The van der Waals surface area contributed by atoms with E-state index in [1.165, 1.54) is 18.5 Å². The van der Waals surface area contributed by atoms with Crippen molar-refractivity contribution < 1.29 is 13.7 Å². The van der Waals surface area contributed by atoms with Crippen molar-refractivity contribution in [2.75, 3.05) is 0 Å². The molecular weight excluding hydrogens is 399 g/mol. The highest BCUT2D eigenvalue weighted by Crippen LogP contribution is 2.38. The number of nitrogens with zero attached hydrogens (tertiary/aromatic N) is 5. The average Bonchev–Trinajstić information content (AvgIpc) is 3.30. The van der Waals surface area contributed by atoms with Crippen LogP contribution in [0.3, 0.4) is 0 Å². The van der Waals surface area contributed by atoms with E-state index in [0.29, 0.717) is 17.6 Å². The largest absolute Gasteiger partial charge is 0.344 e. The lowest BCUT2D eigenvalue weighted by Gasteiger charge is -2.13. The first-order valence-electron chi connectivity index (χ1n) is 9.97. The molecule has 1 atom stereocenters. The summed E-state index contributed by atoms with van der Waals surface area (Å²) >= 11 is 0. The molecule has 1 amide bonds. The number of hydrogen-bond acceptors (Lipinski definition) is 6. The normalized spacial score (nSPS) is 14.4. The monoisotopic (exact) mass is 418 g/mol. The van der Waals surface area contributed by atoms with Crippen molar-refractivity contribution in [2.24, 2.45) is 0 Å². The lowest BCUT2D eigenvalue weighted by molar-refractivity contribution is 0.0935. The van der Waals surface area contributed by atoms with Gasteiger partial charge in [0.2, 0.25) is 0 Å². The van der Waals surface area contributed by atoms with E-state index in [1.54, 1.807) is 41.2 Å². The van der Waals surface area contributed by atoms with Gasteiger partial charge >= 0.3 is 0 Å². The van der Waals surface area contributed by atoms with E-state index >= 15 is 0 Å². The maximum atomic E-state index is 13.1. The fourth-order valence-electron chi connectivity index (χ4n) is 3.22. The Balaban J connectivity index is 1.31. The first kappa shape index (κ1) is 19.1. The number of halogens is 1. The maximum absolute atomic E-state index is 13.1. The standard InChI is InChI=1S/C22H19FN6O2/c1-13(14-4-6-17(23)7-5-14)26-21(30)18-11-29(12-25-18)19-10-16(8-9-24-19)22-27-20(28-31-22)15-2-3-15/h4-13,15H,2-3H2,1H3,(H,26,30)/t13-/m0/s1. The number of benzene rings is 1. The Bertz CT molecular complexity index is 1230. The summed E-state index contributed by atoms with van der Waals surface area (Å²) in [5.74, 6) is 1.51. The molecule has 0 radical (unpaired) electrons. The number of imidazole rings is 1. The summed E-state index contributed by atoms with van der Waals surface area (Å²) in [7, 11) is 0. The Labute approximate surface area is 177 Å². The molecular formula is C22H19FN6O2. The number of pyridine rings is 1. The topological polar surface area (TPSA) is 98.7 Å². The van der Waals surface area contributed by atoms with E-state index < -0.39 is 0 Å². The van der Waals surface area contributed by atoms with Gasteiger partial charge in [0, 0.05) is 23.9 Å². The fraction of sp³-hybridized carbons (Fsp3) is 0.227. The minimum absolute atomic E-state index is 0.245. The van der Waals surface area contributed by atoms with Crippen molar-refractivity contribution >= 4 is 5.91 Å². The highest BCUT2D eigenvalue weighted by atomic mass is 19.1. The fourth-order valence-corrected chi connectivity index (χ4v) is 3.22. The van der Waals surface area contributed by atoms with Crippen LogP contribution in [-0.2, 0) is 0 Å². The predicted octanol–water partition coefficient (Wildman–Crippen LogP) is 3.82. The Morgan fingerprint density at radius 2 is 2.03 bits per heavy atom. The molecule has 3 heterocycles. The number of carbonyl (C=O) groups is 1. The smallest absolute Gasteiger partial charge is 0.271 e. The van der Waals surface area contributed by atoms with Crippen LogP contribution in [0.25, 0.3) is 17.3 Å². The third-order valence-electron chi connectivity index (χ3n) is 5.17. The maximum Gasteiger partial charge on any atom is 0.271 e. The van der Waals surface area contributed by atoms with Crippen LogP contribution in [-0.4, -0.2) is 30.6 Å². The SMILES string of the molecule is C[C@H](NC(=O)c1cn(-c2cc(-c3nc(C4CC4)no3)ccn2)cn1)c1ccc(F)cc1. The minimum Gasteiger partial charge on any atom is -0.344 e. The van der Waals surface area contributed by atoms with E-state index in [9.17, 15) is 9.18 Å². The first-order chi connectivity index (χ1) is 15.1. The van der Waals surface area contributed by atoms with Gasteiger partial charge in [-0.1, -0.05) is 17.3 Å². The van der Waals surface area contributed by atoms with Gasteiger partial charge in [-0.15, -0.1) is 0 Å². The van der Waals surface area contributed by atoms with Crippen LogP contribution in [0.5, 0.6) is 0 Å². The van der Waals surface area contributed by atoms with Gasteiger partial charge in [-0.05, 0) is 49.6 Å². The van der Waals surface area contributed by atoms with Crippen molar-refractivity contribution in [1.29, 1.82) is 0 Å². The Morgan fingerprint density at radius 3 is 2.81 bits per heavy atom. The van der Waals surface area contributed by atoms with E-state index in [1.807, 2.05) is 6.92 Å². The molecule has 0 saturated heterocycles. The molecule has 1 aromatic carbocycles. The van der Waals surface area contributed by atoms with Crippen LogP contribution in [0.4, 0.5) is 4.39 Å². The van der Waals surface area contributed by atoms with E-state index in [2.05, 4.69) is 25.4 Å². The van der Waals surface area contributed by atoms with Gasteiger partial charge in [0.1, 0.15) is 23.7 Å². The van der Waals surface area contributed by atoms with Crippen LogP contribution >= 0.6 is 0 Å². The second-order valence-electron chi connectivity index (χ2n) is 7.55. The molecule has 0 spiro atoms. The van der Waals surface area contributed by atoms with E-state index in [0.717, 1.165) is 29.8 Å². The molecule has 1 N–H and O–H groups in total. The van der Waals surface area contributed by atoms with Crippen molar-refractivity contribution in [1.82, 2.24) is 30.0 Å². The number of nitrogens with one attached hydrogen (secondary N) is 1. The van der Waals surface area contributed by atoms with Crippen LogP contribution in [0.15, 0.2) is 59.6 Å². The minimum atomic E-state index is -0.335. The molecule has 1 fully saturated rings. The summed E-state index contributed by atoms with van der Waals surface area (Å²) in [5, 5.41) is 6.90. The van der Waals surface area contributed by atoms with Gasteiger partial charge in [0.25, 0.3) is 11.8 Å². The lowest BCUT2D eigenvalue weighted by atomic mass is 10.1. The Kier molecular flexibility index (Phi) is 4.78. The van der Waals surface area contributed by atoms with E-state index in [-0.39, 0.29) is 23.5 Å². The molecule has 8 nitrogen and oxygen atoms in total. The molecule has 1 saturated carbocycles. The molecule has 156 valence electrons. The van der Waals surface area contributed by atoms with Gasteiger partial charge in [0.15, 0.2) is 5.82 Å². The lowest BCUT2D eigenvalue weighted by Crippen LogP contribution is -2.26. The molecule has 0 bridgehead atoms. The molecule has 1 aliphatic carbocycles. The second-order valence-corrected chi connectivity index (χ2v) is 7.55. The van der Waals surface area contributed by atoms with Crippen LogP contribution < -0.4 is 5.32 Å². The third kappa shape index (κ3) is 4.07. The zero-order valence-corrected chi connectivity index (χ0v) is 16.7. The highest BCUT2D eigenvalue weighted by molar-refractivity contribution is 5.92. The van der Waals surface area contributed by atoms with E-state index in [4.69, 9.17) is 4.52 Å². The highest BCUT2D eigenvalue weighted by Gasteiger charge is 2.29. The predicted molar refractivity (Wildman–Crippen MR) is 109 cm³/mol. The second kappa shape index (κ2) is 7.75. The zero-order chi connectivity index (χ0) is 21.4. The molecule has 9 heteroatoms. The van der Waals surface area contributed by atoms with Crippen LogP contribution in [0, 0.1) is 5.82 Å². The molecule has 1 aliphatic rings. The number of aromatic nitrogens is 5. The Hall–Kier alpha value is -3.88. The summed E-state index contributed by atoms with van der Waals surface area (Å²) in [6.45, 7) is 1.83. The van der Waals surface area contributed by atoms with Crippen molar-refractivity contribution in [3.63, 3.8) is 0 Å². The van der Waals surface area contributed by atoms with Crippen LogP contribution in [0.2, 0.25) is 0 Å². The summed E-state index contributed by atoms with van der Waals surface area (Å²) in [6.07, 6.45) is 6.96. The number of carbonyl (C=O) groups excluding carboxylic acids is 1. The van der Waals surface area contributed by atoms with Crippen LogP contribution in [0.1, 0.15) is 53.6 Å². The molecule has 0 unspecified atom stereocenters. The number of amides is 1. The molecule has 5 rings (SSSR count). The van der Waals surface area contributed by atoms with Gasteiger partial charge in [-0.2, -0.15) is 4.98 Å². The van der Waals surface area contributed by atoms with Gasteiger partial charge in [0.05, 0.1) is 6.04 Å². The third-order valence-corrected chi connectivity index (χ3v) is 5.17. The van der Waals surface area contributed by atoms with Crippen molar-refractivity contribution in [3.8, 4) is 17.3 Å². The average molecular weight is 418 g/mol. The Morgan fingerprint density at radius 1 is 1.23 bits per heavy atom. The van der Waals surface area contributed by atoms with Gasteiger partial charge < -0.3 is 9.84 Å². The summed E-state index contributed by atoms with van der Waals surface area (Å²) in [6, 6.07) is 9.31. The first-order valence-corrected chi connectivity index (χ1v) is 9.97. The van der Waals surface area contributed by atoms with Gasteiger partial charge in [-0.25, -0.2) is 14.4 Å². The number of hydrogen-bond donors (Lipinski definition) is 1. The molecule has 31 heavy (non-hydrogen) atoms. The summed E-state index contributed by atoms with van der Waals surface area (Å²) in [4.78, 5) is 25.6. The number of rotatable bonds is 6. The van der Waals surface area contributed by atoms with Crippen molar-refractivity contribution in [2.45, 2.75) is 31.7 Å². The molecule has 4 aromatic rings. The molecule has 0 aliphatic heterocycles. The molecule has 3 aromatic heterocycles. The van der Waals surface area contributed by atoms with Gasteiger partial charge in [-0.3, -0.25) is 9.36 Å².